The summed E-state index contributed by atoms with van der Waals surface area (Å²) in [5.74, 6) is 0. The van der Waals surface area contributed by atoms with E-state index in [1.807, 2.05) is 0 Å². The first kappa shape index (κ1) is 8.50. The number of benzene rings is 1. The molecular weight excluding hydrogens is 331 g/mol. The maximum Gasteiger partial charge on any atom is 0.175 e. The number of aromatic nitrogens is 2. The number of aromatic amines is 1. The lowest BCUT2D eigenvalue weighted by Gasteiger charge is -1.95. The van der Waals surface area contributed by atoms with Crippen LogP contribution in [0.4, 0.5) is 0 Å². The molecule has 0 aliphatic carbocycles. The molecule has 62 valence electrons. The van der Waals surface area contributed by atoms with Crippen molar-refractivity contribution in [2.24, 2.45) is 0 Å². The molecule has 0 radical (unpaired) electrons. The molecule has 0 atom stereocenters. The van der Waals surface area contributed by atoms with E-state index in [0.29, 0.717) is 0 Å². The SMILES string of the molecule is Cc1ccc(I)c2[nH]c(Br)nc12. The molecule has 1 heterocycles. The monoisotopic (exact) mass is 336 g/mol. The summed E-state index contributed by atoms with van der Waals surface area (Å²) in [7, 11) is 0. The topological polar surface area (TPSA) is 28.7 Å². The fourth-order valence-electron chi connectivity index (χ4n) is 1.16. The highest BCUT2D eigenvalue weighted by atomic mass is 127. The van der Waals surface area contributed by atoms with E-state index in [2.05, 4.69) is 67.5 Å². The fraction of sp³-hybridized carbons (Fsp3) is 0.125. The second kappa shape index (κ2) is 2.99. The van der Waals surface area contributed by atoms with Crippen LogP contribution in [0, 0.1) is 10.5 Å². The van der Waals surface area contributed by atoms with Crippen LogP contribution in [0.15, 0.2) is 16.9 Å². The first-order valence-corrected chi connectivity index (χ1v) is 5.36. The van der Waals surface area contributed by atoms with Gasteiger partial charge in [-0.15, -0.1) is 0 Å². The van der Waals surface area contributed by atoms with Crippen LogP contribution in [0.3, 0.4) is 0 Å². The van der Waals surface area contributed by atoms with Gasteiger partial charge < -0.3 is 4.98 Å². The van der Waals surface area contributed by atoms with E-state index >= 15 is 0 Å². The molecule has 12 heavy (non-hydrogen) atoms. The third-order valence-electron chi connectivity index (χ3n) is 1.77. The van der Waals surface area contributed by atoms with Crippen LogP contribution in [0.5, 0.6) is 0 Å². The summed E-state index contributed by atoms with van der Waals surface area (Å²) < 4.78 is 2.00. The van der Waals surface area contributed by atoms with Gasteiger partial charge in [0.05, 0.1) is 11.0 Å². The first-order valence-electron chi connectivity index (χ1n) is 3.49. The quantitative estimate of drug-likeness (QED) is 0.735. The summed E-state index contributed by atoms with van der Waals surface area (Å²) in [5.41, 5.74) is 3.36. The van der Waals surface area contributed by atoms with Crippen molar-refractivity contribution in [3.8, 4) is 0 Å². The van der Waals surface area contributed by atoms with Crippen molar-refractivity contribution in [3.05, 3.63) is 26.0 Å². The highest BCUT2D eigenvalue weighted by molar-refractivity contribution is 14.1. The van der Waals surface area contributed by atoms with E-state index in [1.54, 1.807) is 0 Å². The van der Waals surface area contributed by atoms with E-state index in [-0.39, 0.29) is 0 Å². The van der Waals surface area contributed by atoms with Gasteiger partial charge in [-0.1, -0.05) is 6.07 Å². The molecule has 2 rings (SSSR count). The van der Waals surface area contributed by atoms with Gasteiger partial charge in [-0.3, -0.25) is 0 Å². The Balaban J connectivity index is 2.93. The summed E-state index contributed by atoms with van der Waals surface area (Å²) in [4.78, 5) is 7.50. The van der Waals surface area contributed by atoms with Gasteiger partial charge in [-0.05, 0) is 57.1 Å². The molecule has 1 aromatic carbocycles. The Hall–Kier alpha value is -0.100. The maximum atomic E-state index is 4.33. The summed E-state index contributed by atoms with van der Waals surface area (Å²) in [5, 5.41) is 0. The summed E-state index contributed by atoms with van der Waals surface area (Å²) in [6, 6.07) is 4.17. The van der Waals surface area contributed by atoms with Gasteiger partial charge in [-0.25, -0.2) is 4.98 Å². The molecule has 0 unspecified atom stereocenters. The molecule has 4 heteroatoms. The molecule has 1 aromatic heterocycles. The molecule has 0 spiro atoms. The fourth-order valence-corrected chi connectivity index (χ4v) is 2.11. The molecule has 0 aliphatic rings. The normalized spacial score (nSPS) is 10.9. The minimum Gasteiger partial charge on any atom is -0.332 e. The lowest BCUT2D eigenvalue weighted by atomic mass is 10.2. The van der Waals surface area contributed by atoms with Gasteiger partial charge >= 0.3 is 0 Å². The smallest absolute Gasteiger partial charge is 0.175 e. The Labute approximate surface area is 92.0 Å². The van der Waals surface area contributed by atoms with Crippen molar-refractivity contribution in [2.75, 3.05) is 0 Å². The van der Waals surface area contributed by atoms with Crippen molar-refractivity contribution in [1.82, 2.24) is 9.97 Å². The van der Waals surface area contributed by atoms with Crippen LogP contribution in [0.1, 0.15) is 5.56 Å². The number of hydrogen-bond donors (Lipinski definition) is 1. The Morgan fingerprint density at radius 2 is 2.25 bits per heavy atom. The van der Waals surface area contributed by atoms with Crippen molar-refractivity contribution in [2.45, 2.75) is 6.92 Å². The van der Waals surface area contributed by atoms with Crippen molar-refractivity contribution in [3.63, 3.8) is 0 Å². The zero-order valence-electron chi connectivity index (χ0n) is 6.36. The van der Waals surface area contributed by atoms with Crippen LogP contribution < -0.4 is 0 Å². The number of rotatable bonds is 0. The standard InChI is InChI=1S/C8H6BrIN2/c1-4-2-3-5(10)7-6(4)11-8(9)12-7/h2-3H,1H3,(H,11,12). The third kappa shape index (κ3) is 1.26. The second-order valence-corrected chi connectivity index (χ2v) is 4.53. The number of nitrogens with zero attached hydrogens (tertiary/aromatic N) is 1. The molecule has 0 saturated heterocycles. The molecule has 0 saturated carbocycles. The molecule has 2 aromatic rings. The van der Waals surface area contributed by atoms with Gasteiger partial charge in [0.25, 0.3) is 0 Å². The number of hydrogen-bond acceptors (Lipinski definition) is 1. The Morgan fingerprint density at radius 3 is 2.92 bits per heavy atom. The zero-order chi connectivity index (χ0) is 8.72. The third-order valence-corrected chi connectivity index (χ3v) is 3.04. The van der Waals surface area contributed by atoms with Crippen LogP contribution >= 0.6 is 38.5 Å². The minimum atomic E-state index is 0.796. The summed E-state index contributed by atoms with van der Waals surface area (Å²) in [6.45, 7) is 2.06. The van der Waals surface area contributed by atoms with Crippen molar-refractivity contribution >= 4 is 49.6 Å². The summed E-state index contributed by atoms with van der Waals surface area (Å²) in [6.07, 6.45) is 0. The van der Waals surface area contributed by atoms with Crippen molar-refractivity contribution < 1.29 is 0 Å². The lowest BCUT2D eigenvalue weighted by molar-refractivity contribution is 1.26. The number of aryl methyl sites for hydroxylation is 1. The predicted molar refractivity (Wildman–Crippen MR) is 61.2 cm³/mol. The first-order chi connectivity index (χ1) is 5.68. The second-order valence-electron chi connectivity index (χ2n) is 2.62. The zero-order valence-corrected chi connectivity index (χ0v) is 10.1. The average molecular weight is 337 g/mol. The molecule has 2 nitrogen and oxygen atoms in total. The Kier molecular flexibility index (Phi) is 2.12. The Bertz CT molecular complexity index is 397. The van der Waals surface area contributed by atoms with E-state index < -0.39 is 0 Å². The molecule has 0 amide bonds. The molecule has 0 bridgehead atoms. The van der Waals surface area contributed by atoms with E-state index in [9.17, 15) is 0 Å². The molecular formula is C8H6BrIN2. The predicted octanol–water partition coefficient (Wildman–Crippen LogP) is 3.24. The number of halogens is 2. The van der Waals surface area contributed by atoms with Gasteiger partial charge in [0, 0.05) is 3.57 Å². The van der Waals surface area contributed by atoms with Gasteiger partial charge in [-0.2, -0.15) is 0 Å². The average Bonchev–Trinajstić information content (AvgIpc) is 2.41. The molecule has 0 aliphatic heterocycles. The van der Waals surface area contributed by atoms with Crippen LogP contribution in [0.25, 0.3) is 11.0 Å². The van der Waals surface area contributed by atoms with Crippen molar-refractivity contribution in [1.29, 1.82) is 0 Å². The van der Waals surface area contributed by atoms with Crippen LogP contribution in [-0.4, -0.2) is 9.97 Å². The highest BCUT2D eigenvalue weighted by Gasteiger charge is 2.05. The lowest BCUT2D eigenvalue weighted by Crippen LogP contribution is -1.79. The number of fused-ring (bicyclic) bond motifs is 1. The van der Waals surface area contributed by atoms with Gasteiger partial charge in [0.1, 0.15) is 0 Å². The van der Waals surface area contributed by atoms with Gasteiger partial charge in [0.2, 0.25) is 0 Å². The largest absolute Gasteiger partial charge is 0.332 e. The number of imidazole rings is 1. The van der Waals surface area contributed by atoms with Crippen LogP contribution in [-0.2, 0) is 0 Å². The van der Waals surface area contributed by atoms with Crippen LogP contribution in [0.2, 0.25) is 0 Å². The Morgan fingerprint density at radius 1 is 1.50 bits per heavy atom. The maximum absolute atomic E-state index is 4.33. The number of nitrogens with one attached hydrogen (secondary N) is 1. The number of H-pyrrole nitrogens is 1. The molecule has 1 N–H and O–H groups in total. The molecule has 0 fully saturated rings. The van der Waals surface area contributed by atoms with E-state index in [4.69, 9.17) is 0 Å². The highest BCUT2D eigenvalue weighted by Crippen LogP contribution is 2.23. The minimum absolute atomic E-state index is 0.796. The summed E-state index contributed by atoms with van der Waals surface area (Å²) >= 11 is 5.62. The van der Waals surface area contributed by atoms with E-state index in [0.717, 1.165) is 15.8 Å². The van der Waals surface area contributed by atoms with E-state index in [1.165, 1.54) is 9.13 Å². The van der Waals surface area contributed by atoms with Gasteiger partial charge in [0.15, 0.2) is 4.73 Å².